The first-order valence-corrected chi connectivity index (χ1v) is 6.11. The van der Waals surface area contributed by atoms with E-state index in [1.165, 1.54) is 0 Å². The minimum absolute atomic E-state index is 0.173. The first-order chi connectivity index (χ1) is 9.06. The molecule has 2 rings (SSSR count). The molecule has 1 heterocycles. The Bertz CT molecular complexity index is 623. The summed E-state index contributed by atoms with van der Waals surface area (Å²) in [5.74, 6) is -0.173. The molecule has 0 unspecified atom stereocenters. The van der Waals surface area contributed by atoms with E-state index in [1.54, 1.807) is 42.6 Å². The molecule has 0 aliphatic rings. The lowest BCUT2D eigenvalue weighted by atomic mass is 10.2. The van der Waals surface area contributed by atoms with Gasteiger partial charge in [0.25, 0.3) is 5.91 Å². The second-order valence-electron chi connectivity index (χ2n) is 4.08. The highest BCUT2D eigenvalue weighted by Gasteiger charge is 2.06. The largest absolute Gasteiger partial charge is 0.389 e. The van der Waals surface area contributed by atoms with Crippen LogP contribution in [-0.4, -0.2) is 15.9 Å². The van der Waals surface area contributed by atoms with E-state index in [0.717, 1.165) is 11.3 Å². The Morgan fingerprint density at radius 2 is 1.89 bits per heavy atom. The van der Waals surface area contributed by atoms with E-state index in [-0.39, 0.29) is 5.91 Å². The predicted molar refractivity (Wildman–Crippen MR) is 79.3 cm³/mol. The van der Waals surface area contributed by atoms with Crippen LogP contribution in [0.2, 0.25) is 0 Å². The SMILES string of the molecule is Cc1cc(C(=O)Nc2ccc(C(N)=S)cc2)ccn1. The van der Waals surface area contributed by atoms with E-state index in [1.807, 2.05) is 6.92 Å². The van der Waals surface area contributed by atoms with Crippen LogP contribution in [0.15, 0.2) is 42.6 Å². The molecule has 0 spiro atoms. The Morgan fingerprint density at radius 1 is 1.21 bits per heavy atom. The molecule has 0 saturated heterocycles. The molecule has 0 atom stereocenters. The standard InChI is InChI=1S/C14H13N3OS/c1-9-8-11(6-7-16-9)14(18)17-12-4-2-10(3-5-12)13(15)19/h2-8H,1H3,(H2,15,19)(H,17,18). The van der Waals surface area contributed by atoms with E-state index in [9.17, 15) is 4.79 Å². The number of carbonyl (C=O) groups excluding carboxylic acids is 1. The summed E-state index contributed by atoms with van der Waals surface area (Å²) in [6.45, 7) is 1.84. The number of pyridine rings is 1. The van der Waals surface area contributed by atoms with Crippen molar-refractivity contribution in [1.29, 1.82) is 0 Å². The van der Waals surface area contributed by atoms with Crippen LogP contribution < -0.4 is 11.1 Å². The zero-order chi connectivity index (χ0) is 13.8. The van der Waals surface area contributed by atoms with Gasteiger partial charge < -0.3 is 11.1 Å². The Labute approximate surface area is 116 Å². The number of hydrogen-bond donors (Lipinski definition) is 2. The summed E-state index contributed by atoms with van der Waals surface area (Å²) in [5, 5.41) is 2.80. The Balaban J connectivity index is 2.13. The van der Waals surface area contributed by atoms with Gasteiger partial charge in [-0.05, 0) is 43.3 Å². The molecule has 5 heteroatoms. The average Bonchev–Trinajstić information content (AvgIpc) is 2.39. The number of aromatic nitrogens is 1. The van der Waals surface area contributed by atoms with Crippen LogP contribution in [-0.2, 0) is 0 Å². The molecule has 0 fully saturated rings. The van der Waals surface area contributed by atoms with Gasteiger partial charge in [-0.1, -0.05) is 12.2 Å². The maximum absolute atomic E-state index is 12.0. The van der Waals surface area contributed by atoms with Gasteiger partial charge >= 0.3 is 0 Å². The number of nitrogens with two attached hydrogens (primary N) is 1. The summed E-state index contributed by atoms with van der Waals surface area (Å²) >= 11 is 4.87. The molecule has 1 aromatic heterocycles. The van der Waals surface area contributed by atoms with Crippen molar-refractivity contribution in [2.45, 2.75) is 6.92 Å². The van der Waals surface area contributed by atoms with Gasteiger partial charge in [0.05, 0.1) is 0 Å². The van der Waals surface area contributed by atoms with Gasteiger partial charge in [0.15, 0.2) is 0 Å². The monoisotopic (exact) mass is 271 g/mol. The van der Waals surface area contributed by atoms with E-state index in [0.29, 0.717) is 16.2 Å². The number of nitrogens with zero attached hydrogens (tertiary/aromatic N) is 1. The number of thiocarbonyl (C=S) groups is 1. The molecule has 4 nitrogen and oxygen atoms in total. The number of amides is 1. The van der Waals surface area contributed by atoms with Gasteiger partial charge in [0, 0.05) is 28.7 Å². The van der Waals surface area contributed by atoms with Crippen LogP contribution in [0.4, 0.5) is 5.69 Å². The number of rotatable bonds is 3. The molecule has 0 aliphatic heterocycles. The van der Waals surface area contributed by atoms with Gasteiger partial charge in [0.1, 0.15) is 4.99 Å². The van der Waals surface area contributed by atoms with Crippen LogP contribution in [0.1, 0.15) is 21.6 Å². The predicted octanol–water partition coefficient (Wildman–Crippen LogP) is 2.28. The normalized spacial score (nSPS) is 9.95. The third-order valence-electron chi connectivity index (χ3n) is 2.59. The molecule has 1 amide bonds. The average molecular weight is 271 g/mol. The molecule has 1 aromatic carbocycles. The fraction of sp³-hybridized carbons (Fsp3) is 0.0714. The van der Waals surface area contributed by atoms with Gasteiger partial charge in [0.2, 0.25) is 0 Å². The van der Waals surface area contributed by atoms with Crippen molar-refractivity contribution < 1.29 is 4.79 Å². The Hall–Kier alpha value is -2.27. The second kappa shape index (κ2) is 5.58. The van der Waals surface area contributed by atoms with Crippen LogP contribution in [0, 0.1) is 6.92 Å². The van der Waals surface area contributed by atoms with E-state index in [2.05, 4.69) is 10.3 Å². The smallest absolute Gasteiger partial charge is 0.255 e. The maximum atomic E-state index is 12.0. The van der Waals surface area contributed by atoms with Crippen LogP contribution in [0.25, 0.3) is 0 Å². The highest BCUT2D eigenvalue weighted by molar-refractivity contribution is 7.80. The quantitative estimate of drug-likeness (QED) is 0.840. The maximum Gasteiger partial charge on any atom is 0.255 e. The van der Waals surface area contributed by atoms with Crippen molar-refractivity contribution in [3.63, 3.8) is 0 Å². The first kappa shape index (κ1) is 13.2. The van der Waals surface area contributed by atoms with E-state index >= 15 is 0 Å². The number of carbonyl (C=O) groups is 1. The molecule has 3 N–H and O–H groups in total. The fourth-order valence-corrected chi connectivity index (χ4v) is 1.74. The molecule has 0 radical (unpaired) electrons. The molecule has 96 valence electrons. The summed E-state index contributed by atoms with van der Waals surface area (Å²) in [5.41, 5.74) is 8.35. The first-order valence-electron chi connectivity index (χ1n) is 5.70. The fourth-order valence-electron chi connectivity index (χ4n) is 1.61. The number of nitrogens with one attached hydrogen (secondary N) is 1. The number of benzene rings is 1. The third kappa shape index (κ3) is 3.35. The van der Waals surface area contributed by atoms with Crippen molar-refractivity contribution >= 4 is 28.8 Å². The minimum Gasteiger partial charge on any atom is -0.389 e. The lowest BCUT2D eigenvalue weighted by Gasteiger charge is -2.06. The molecule has 19 heavy (non-hydrogen) atoms. The lowest BCUT2D eigenvalue weighted by molar-refractivity contribution is 0.102. The third-order valence-corrected chi connectivity index (χ3v) is 2.82. The summed E-state index contributed by atoms with van der Waals surface area (Å²) in [6.07, 6.45) is 1.61. The number of anilines is 1. The summed E-state index contributed by atoms with van der Waals surface area (Å²) < 4.78 is 0. The van der Waals surface area contributed by atoms with E-state index < -0.39 is 0 Å². The summed E-state index contributed by atoms with van der Waals surface area (Å²) in [6, 6.07) is 10.5. The van der Waals surface area contributed by atoms with Crippen molar-refractivity contribution in [1.82, 2.24) is 4.98 Å². The Morgan fingerprint density at radius 3 is 2.47 bits per heavy atom. The van der Waals surface area contributed by atoms with Crippen molar-refractivity contribution in [3.8, 4) is 0 Å². The summed E-state index contributed by atoms with van der Waals surface area (Å²) in [7, 11) is 0. The van der Waals surface area contributed by atoms with Crippen molar-refractivity contribution in [3.05, 3.63) is 59.4 Å². The van der Waals surface area contributed by atoms with Crippen molar-refractivity contribution in [2.75, 3.05) is 5.32 Å². The highest BCUT2D eigenvalue weighted by atomic mass is 32.1. The molecular formula is C14H13N3OS. The minimum atomic E-state index is -0.173. The zero-order valence-electron chi connectivity index (χ0n) is 10.4. The molecule has 0 aliphatic carbocycles. The lowest BCUT2D eigenvalue weighted by Crippen LogP contribution is -2.13. The number of aryl methyl sites for hydroxylation is 1. The summed E-state index contributed by atoms with van der Waals surface area (Å²) in [4.78, 5) is 16.4. The number of hydrogen-bond acceptors (Lipinski definition) is 3. The van der Waals surface area contributed by atoms with Gasteiger partial charge in [-0.25, -0.2) is 0 Å². The molecular weight excluding hydrogens is 258 g/mol. The molecule has 0 bridgehead atoms. The van der Waals surface area contributed by atoms with Crippen LogP contribution in [0.5, 0.6) is 0 Å². The van der Waals surface area contributed by atoms with Gasteiger partial charge in [-0.15, -0.1) is 0 Å². The topological polar surface area (TPSA) is 68.0 Å². The zero-order valence-corrected chi connectivity index (χ0v) is 11.2. The van der Waals surface area contributed by atoms with E-state index in [4.69, 9.17) is 18.0 Å². The van der Waals surface area contributed by atoms with Crippen molar-refractivity contribution in [2.24, 2.45) is 5.73 Å². The highest BCUT2D eigenvalue weighted by Crippen LogP contribution is 2.11. The van der Waals surface area contributed by atoms with Gasteiger partial charge in [-0.3, -0.25) is 9.78 Å². The Kier molecular flexibility index (Phi) is 3.87. The van der Waals surface area contributed by atoms with Crippen LogP contribution in [0.3, 0.4) is 0 Å². The second-order valence-corrected chi connectivity index (χ2v) is 4.52. The van der Waals surface area contributed by atoms with Gasteiger partial charge in [-0.2, -0.15) is 0 Å². The van der Waals surface area contributed by atoms with Crippen LogP contribution >= 0.6 is 12.2 Å². The molecule has 0 saturated carbocycles. The molecule has 2 aromatic rings.